The van der Waals surface area contributed by atoms with Gasteiger partial charge in [-0.25, -0.2) is 0 Å². The Balaban J connectivity index is 2.19. The Morgan fingerprint density at radius 1 is 1.00 bits per heavy atom. The highest BCUT2D eigenvalue weighted by atomic mass is 14.9. The molecule has 2 rings (SSSR count). The van der Waals surface area contributed by atoms with Crippen LogP contribution >= 0.6 is 0 Å². The molecule has 0 saturated heterocycles. The molecule has 1 aromatic heterocycles. The molecule has 0 bridgehead atoms. The predicted molar refractivity (Wildman–Crippen MR) is 76.8 cm³/mol. The van der Waals surface area contributed by atoms with Crippen LogP contribution in [0.4, 0.5) is 5.69 Å². The van der Waals surface area contributed by atoms with E-state index >= 15 is 0 Å². The smallest absolute Gasteiger partial charge is 0.0500 e. The van der Waals surface area contributed by atoms with Gasteiger partial charge in [0.25, 0.3) is 0 Å². The number of pyridine rings is 1. The Morgan fingerprint density at radius 3 is 2.44 bits per heavy atom. The zero-order valence-corrected chi connectivity index (χ0v) is 11.2. The molecule has 18 heavy (non-hydrogen) atoms. The fraction of sp³-hybridized carbons (Fsp3) is 0.312. The second-order valence-corrected chi connectivity index (χ2v) is 4.89. The third-order valence-electron chi connectivity index (χ3n) is 3.14. The summed E-state index contributed by atoms with van der Waals surface area (Å²) < 4.78 is 0. The predicted octanol–water partition coefficient (Wildman–Crippen LogP) is 4.38. The number of anilines is 1. The van der Waals surface area contributed by atoms with Crippen molar-refractivity contribution >= 4 is 5.69 Å². The Morgan fingerprint density at radius 2 is 1.78 bits per heavy atom. The standard InChI is InChI=1S/C16H20N2/c1-12(2)15-8-4-5-9-16(15)18-13(3)14-7-6-10-17-11-14/h4-13,18H,1-3H3. The Bertz CT molecular complexity index is 491. The van der Waals surface area contributed by atoms with Crippen LogP contribution in [0.1, 0.15) is 43.9 Å². The van der Waals surface area contributed by atoms with Gasteiger partial charge in [0.05, 0.1) is 6.04 Å². The summed E-state index contributed by atoms with van der Waals surface area (Å²) in [5.41, 5.74) is 3.77. The number of hydrogen-bond donors (Lipinski definition) is 1. The minimum absolute atomic E-state index is 0.263. The lowest BCUT2D eigenvalue weighted by Gasteiger charge is -2.19. The van der Waals surface area contributed by atoms with E-state index in [1.54, 1.807) is 6.20 Å². The lowest BCUT2D eigenvalue weighted by atomic mass is 10.0. The molecular weight excluding hydrogens is 220 g/mol. The van der Waals surface area contributed by atoms with E-state index in [-0.39, 0.29) is 6.04 Å². The fourth-order valence-electron chi connectivity index (χ4n) is 2.08. The van der Waals surface area contributed by atoms with Crippen LogP contribution < -0.4 is 5.32 Å². The molecule has 1 N–H and O–H groups in total. The minimum atomic E-state index is 0.263. The summed E-state index contributed by atoms with van der Waals surface area (Å²) in [6.07, 6.45) is 3.72. The lowest BCUT2D eigenvalue weighted by molar-refractivity contribution is 0.838. The van der Waals surface area contributed by atoms with E-state index in [1.807, 2.05) is 12.3 Å². The average Bonchev–Trinajstić information content (AvgIpc) is 2.40. The third kappa shape index (κ3) is 2.89. The molecule has 94 valence electrons. The number of nitrogens with one attached hydrogen (secondary N) is 1. The van der Waals surface area contributed by atoms with Gasteiger partial charge in [-0.15, -0.1) is 0 Å². The molecule has 0 aliphatic carbocycles. The Labute approximate surface area is 109 Å². The maximum Gasteiger partial charge on any atom is 0.0500 e. The van der Waals surface area contributed by atoms with E-state index in [0.29, 0.717) is 5.92 Å². The molecule has 0 aliphatic rings. The maximum atomic E-state index is 4.16. The third-order valence-corrected chi connectivity index (χ3v) is 3.14. The SMILES string of the molecule is CC(C)c1ccccc1NC(C)c1cccnc1. The van der Waals surface area contributed by atoms with Crippen molar-refractivity contribution in [3.8, 4) is 0 Å². The molecule has 0 radical (unpaired) electrons. The van der Waals surface area contributed by atoms with Crippen molar-refractivity contribution in [1.29, 1.82) is 0 Å². The summed E-state index contributed by atoms with van der Waals surface area (Å²) in [7, 11) is 0. The molecule has 0 spiro atoms. The maximum absolute atomic E-state index is 4.16. The van der Waals surface area contributed by atoms with E-state index in [9.17, 15) is 0 Å². The van der Waals surface area contributed by atoms with Crippen LogP contribution in [0.25, 0.3) is 0 Å². The number of hydrogen-bond acceptors (Lipinski definition) is 2. The van der Waals surface area contributed by atoms with Crippen LogP contribution in [-0.2, 0) is 0 Å². The van der Waals surface area contributed by atoms with Crippen LogP contribution in [0.2, 0.25) is 0 Å². The molecule has 0 fully saturated rings. The Hall–Kier alpha value is -1.83. The Kier molecular flexibility index (Phi) is 3.98. The van der Waals surface area contributed by atoms with Gasteiger partial charge < -0.3 is 5.32 Å². The van der Waals surface area contributed by atoms with Gasteiger partial charge in [0.15, 0.2) is 0 Å². The average molecular weight is 240 g/mol. The monoisotopic (exact) mass is 240 g/mol. The van der Waals surface area contributed by atoms with Gasteiger partial charge in [-0.3, -0.25) is 4.98 Å². The number of aromatic nitrogens is 1. The number of rotatable bonds is 4. The molecule has 1 unspecified atom stereocenters. The van der Waals surface area contributed by atoms with Gasteiger partial charge >= 0.3 is 0 Å². The molecule has 1 aromatic carbocycles. The summed E-state index contributed by atoms with van der Waals surface area (Å²) in [6, 6.07) is 12.8. The normalized spacial score (nSPS) is 12.4. The van der Waals surface area contributed by atoms with E-state index in [2.05, 4.69) is 61.4 Å². The zero-order valence-electron chi connectivity index (χ0n) is 11.2. The van der Waals surface area contributed by atoms with Gasteiger partial charge in [-0.05, 0) is 36.1 Å². The van der Waals surface area contributed by atoms with Gasteiger partial charge in [-0.1, -0.05) is 38.1 Å². The van der Waals surface area contributed by atoms with Crippen LogP contribution in [-0.4, -0.2) is 4.98 Å². The first-order valence-corrected chi connectivity index (χ1v) is 6.44. The van der Waals surface area contributed by atoms with Crippen LogP contribution in [0.5, 0.6) is 0 Å². The van der Waals surface area contributed by atoms with E-state index in [4.69, 9.17) is 0 Å². The topological polar surface area (TPSA) is 24.9 Å². The lowest BCUT2D eigenvalue weighted by Crippen LogP contribution is -2.09. The second kappa shape index (κ2) is 5.67. The van der Waals surface area contributed by atoms with Crippen molar-refractivity contribution in [2.24, 2.45) is 0 Å². The second-order valence-electron chi connectivity index (χ2n) is 4.89. The molecule has 2 heteroatoms. The largest absolute Gasteiger partial charge is 0.378 e. The van der Waals surface area contributed by atoms with Gasteiger partial charge in [-0.2, -0.15) is 0 Å². The van der Waals surface area contributed by atoms with Crippen molar-refractivity contribution in [3.05, 3.63) is 59.9 Å². The zero-order chi connectivity index (χ0) is 13.0. The fourth-order valence-corrected chi connectivity index (χ4v) is 2.08. The molecule has 0 amide bonds. The van der Waals surface area contributed by atoms with Gasteiger partial charge in [0, 0.05) is 18.1 Å². The van der Waals surface area contributed by atoms with Crippen LogP contribution in [0.3, 0.4) is 0 Å². The molecule has 2 aromatic rings. The molecular formula is C16H20N2. The van der Waals surface area contributed by atoms with Crippen molar-refractivity contribution in [2.45, 2.75) is 32.7 Å². The van der Waals surface area contributed by atoms with E-state index in [1.165, 1.54) is 16.8 Å². The summed E-state index contributed by atoms with van der Waals surface area (Å²) in [5, 5.41) is 3.57. The highest BCUT2D eigenvalue weighted by Crippen LogP contribution is 2.27. The number of para-hydroxylation sites is 1. The van der Waals surface area contributed by atoms with Crippen LogP contribution in [0, 0.1) is 0 Å². The van der Waals surface area contributed by atoms with Gasteiger partial charge in [0.1, 0.15) is 0 Å². The van der Waals surface area contributed by atoms with E-state index < -0.39 is 0 Å². The van der Waals surface area contributed by atoms with Crippen molar-refractivity contribution < 1.29 is 0 Å². The number of benzene rings is 1. The summed E-state index contributed by atoms with van der Waals surface area (Å²) in [4.78, 5) is 4.16. The molecule has 2 nitrogen and oxygen atoms in total. The highest BCUT2D eigenvalue weighted by molar-refractivity contribution is 5.53. The van der Waals surface area contributed by atoms with Crippen LogP contribution in [0.15, 0.2) is 48.8 Å². The number of nitrogens with zero attached hydrogens (tertiary/aromatic N) is 1. The first-order chi connectivity index (χ1) is 8.68. The highest BCUT2D eigenvalue weighted by Gasteiger charge is 2.09. The van der Waals surface area contributed by atoms with Crippen molar-refractivity contribution in [2.75, 3.05) is 5.32 Å². The van der Waals surface area contributed by atoms with Crippen molar-refractivity contribution in [1.82, 2.24) is 4.98 Å². The van der Waals surface area contributed by atoms with Crippen molar-refractivity contribution in [3.63, 3.8) is 0 Å². The van der Waals surface area contributed by atoms with E-state index in [0.717, 1.165) is 0 Å². The summed E-state index contributed by atoms with van der Waals surface area (Å²) >= 11 is 0. The molecule has 0 saturated carbocycles. The van der Waals surface area contributed by atoms with Gasteiger partial charge in [0.2, 0.25) is 0 Å². The summed E-state index contributed by atoms with van der Waals surface area (Å²) in [5.74, 6) is 0.523. The quantitative estimate of drug-likeness (QED) is 0.858. The summed E-state index contributed by atoms with van der Waals surface area (Å²) in [6.45, 7) is 6.60. The first-order valence-electron chi connectivity index (χ1n) is 6.44. The first kappa shape index (κ1) is 12.6. The molecule has 1 heterocycles. The molecule has 0 aliphatic heterocycles. The molecule has 1 atom stereocenters. The minimum Gasteiger partial charge on any atom is -0.378 e.